The van der Waals surface area contributed by atoms with Gasteiger partial charge in [0.2, 0.25) is 17.7 Å². The van der Waals surface area contributed by atoms with Crippen LogP contribution in [0.5, 0.6) is 0 Å². The lowest BCUT2D eigenvalue weighted by atomic mass is 9.72. The van der Waals surface area contributed by atoms with E-state index in [0.29, 0.717) is 34.8 Å². The molecule has 5 heterocycles. The number of amides is 5. The predicted octanol–water partition coefficient (Wildman–Crippen LogP) is 4.58. The number of carbonyl (C=O) groups excluding carboxylic acids is 5. The largest absolute Gasteiger partial charge is 0.332 e. The van der Waals surface area contributed by atoms with Crippen molar-refractivity contribution in [3.05, 3.63) is 75.3 Å². The van der Waals surface area contributed by atoms with Crippen molar-refractivity contribution < 1.29 is 24.0 Å². The first-order chi connectivity index (χ1) is 21.5. The number of piperidine rings is 3. The molecule has 5 aliphatic heterocycles. The maximum atomic E-state index is 14.2. The van der Waals surface area contributed by atoms with Crippen LogP contribution in [0.25, 0.3) is 5.57 Å². The summed E-state index contributed by atoms with van der Waals surface area (Å²) in [6.07, 6.45) is 4.67. The zero-order valence-electron chi connectivity index (χ0n) is 25.6. The van der Waals surface area contributed by atoms with Crippen LogP contribution in [0.4, 0.5) is 0 Å². The van der Waals surface area contributed by atoms with E-state index in [1.165, 1.54) is 4.90 Å². The van der Waals surface area contributed by atoms with Crippen molar-refractivity contribution in [2.45, 2.75) is 83.5 Å². The molecule has 4 fully saturated rings. The smallest absolute Gasteiger partial charge is 0.255 e. The lowest BCUT2D eigenvalue weighted by Gasteiger charge is -2.52. The van der Waals surface area contributed by atoms with Crippen molar-refractivity contribution in [3.63, 3.8) is 0 Å². The Balaban J connectivity index is 1.08. The molecule has 0 radical (unpaired) electrons. The Bertz CT molecular complexity index is 1660. The quantitative estimate of drug-likeness (QED) is 0.499. The van der Waals surface area contributed by atoms with Crippen LogP contribution in [0.15, 0.2) is 48.0 Å². The van der Waals surface area contributed by atoms with Crippen molar-refractivity contribution in [2.24, 2.45) is 5.41 Å². The van der Waals surface area contributed by atoms with Gasteiger partial charge in [-0.2, -0.15) is 0 Å². The second-order valence-electron chi connectivity index (χ2n) is 13.9. The van der Waals surface area contributed by atoms with Gasteiger partial charge in [0.05, 0.1) is 0 Å². The average molecular weight is 629 g/mol. The van der Waals surface area contributed by atoms with Crippen molar-refractivity contribution >= 4 is 46.7 Å². The summed E-state index contributed by atoms with van der Waals surface area (Å²) < 4.78 is 0. The second kappa shape index (κ2) is 11.1. The predicted molar refractivity (Wildman–Crippen MR) is 168 cm³/mol. The van der Waals surface area contributed by atoms with Gasteiger partial charge in [-0.25, -0.2) is 0 Å². The van der Waals surface area contributed by atoms with Crippen LogP contribution in [0.3, 0.4) is 0 Å². The van der Waals surface area contributed by atoms with Crippen LogP contribution in [0, 0.1) is 5.41 Å². The maximum absolute atomic E-state index is 14.2. The molecule has 0 spiro atoms. The van der Waals surface area contributed by atoms with Gasteiger partial charge in [-0.15, -0.1) is 0 Å². The highest BCUT2D eigenvalue weighted by atomic mass is 35.5. The van der Waals surface area contributed by atoms with E-state index in [-0.39, 0.29) is 60.5 Å². The molecular weight excluding hydrogens is 592 g/mol. The summed E-state index contributed by atoms with van der Waals surface area (Å²) in [5.41, 5.74) is 4.81. The molecule has 4 saturated heterocycles. The van der Waals surface area contributed by atoms with Gasteiger partial charge in [0, 0.05) is 59.9 Å². The summed E-state index contributed by atoms with van der Waals surface area (Å²) in [7, 11) is 0. The third-order valence-corrected chi connectivity index (χ3v) is 10.6. The molecule has 1 N–H and O–H groups in total. The summed E-state index contributed by atoms with van der Waals surface area (Å²) in [4.78, 5) is 70.6. The van der Waals surface area contributed by atoms with E-state index in [2.05, 4.69) is 19.2 Å². The summed E-state index contributed by atoms with van der Waals surface area (Å²) in [6, 6.07) is 12.0. The summed E-state index contributed by atoms with van der Waals surface area (Å²) in [5.74, 6) is -1.07. The fraction of sp³-hybridized carbons (Fsp3) is 0.457. The molecule has 6 aliphatic rings. The number of piperazine rings is 1. The number of nitrogens with one attached hydrogen (secondary N) is 1. The van der Waals surface area contributed by atoms with E-state index >= 15 is 0 Å². The van der Waals surface area contributed by atoms with Gasteiger partial charge in [-0.3, -0.25) is 29.3 Å². The Morgan fingerprint density at radius 1 is 0.889 bits per heavy atom. The minimum atomic E-state index is -0.700. The standard InChI is InChI=1S/C35H37ClN4O5/c1-35(2)14-13-27(28(16-35)20-3-6-23(36)7-4-20)34(45)39-19-24-8-9-25(39)18-38(24)32(43)21-5-10-26-22(15-21)17-40(33(26)44)29-11-12-30(41)37-31(29)42/h3-7,10,15,24-25,29H,8-9,11-14,16-19H2,1-2H3,(H,37,41,42). The molecule has 2 bridgehead atoms. The fourth-order valence-electron chi connectivity index (χ4n) is 7.82. The van der Waals surface area contributed by atoms with Gasteiger partial charge in [0.1, 0.15) is 6.04 Å². The van der Waals surface area contributed by atoms with E-state index in [1.807, 2.05) is 34.1 Å². The SMILES string of the molecule is CC1(C)CCC(C(=O)N2CC3CCC2CN3C(=O)c2ccc3c(c2)CN(C2CCC(=O)NC2=O)C3=O)=C(c2ccc(Cl)cc2)C1. The van der Waals surface area contributed by atoms with Crippen LogP contribution in [-0.4, -0.2) is 75.5 Å². The van der Waals surface area contributed by atoms with Crippen molar-refractivity contribution in [1.82, 2.24) is 20.0 Å². The van der Waals surface area contributed by atoms with E-state index < -0.39 is 11.9 Å². The third-order valence-electron chi connectivity index (χ3n) is 10.3. The first-order valence-electron chi connectivity index (χ1n) is 15.9. The maximum Gasteiger partial charge on any atom is 0.255 e. The lowest BCUT2D eigenvalue weighted by molar-refractivity contribution is -0.137. The molecule has 0 saturated carbocycles. The zero-order chi connectivity index (χ0) is 31.6. The summed E-state index contributed by atoms with van der Waals surface area (Å²) in [5, 5.41) is 2.99. The first kappa shape index (κ1) is 29.7. The van der Waals surface area contributed by atoms with Gasteiger partial charge in [0.25, 0.3) is 11.8 Å². The minimum Gasteiger partial charge on any atom is -0.332 e. The molecule has 2 aromatic rings. The van der Waals surface area contributed by atoms with E-state index in [4.69, 9.17) is 11.6 Å². The zero-order valence-corrected chi connectivity index (χ0v) is 26.4. The Kier molecular flexibility index (Phi) is 7.34. The van der Waals surface area contributed by atoms with Crippen LogP contribution in [0.2, 0.25) is 5.02 Å². The normalized spacial score (nSPS) is 25.9. The van der Waals surface area contributed by atoms with Crippen LogP contribution < -0.4 is 5.32 Å². The first-order valence-corrected chi connectivity index (χ1v) is 16.2. The lowest BCUT2D eigenvalue weighted by Crippen LogP contribution is -2.65. The van der Waals surface area contributed by atoms with Gasteiger partial charge < -0.3 is 14.7 Å². The number of nitrogens with zero attached hydrogens (tertiary/aromatic N) is 3. The average Bonchev–Trinajstić information content (AvgIpc) is 3.35. The molecular formula is C35H37ClN4O5. The number of hydrogen-bond donors (Lipinski definition) is 1. The minimum absolute atomic E-state index is 0.0561. The molecule has 10 heteroatoms. The highest BCUT2D eigenvalue weighted by Crippen LogP contribution is 2.44. The Morgan fingerprint density at radius 2 is 1.58 bits per heavy atom. The topological polar surface area (TPSA) is 107 Å². The molecule has 3 atom stereocenters. The van der Waals surface area contributed by atoms with Crippen molar-refractivity contribution in [2.75, 3.05) is 13.1 Å². The Morgan fingerprint density at radius 3 is 2.24 bits per heavy atom. The fourth-order valence-corrected chi connectivity index (χ4v) is 7.95. The van der Waals surface area contributed by atoms with Gasteiger partial charge in [-0.1, -0.05) is 37.6 Å². The van der Waals surface area contributed by atoms with Gasteiger partial charge in [0.15, 0.2) is 0 Å². The monoisotopic (exact) mass is 628 g/mol. The Hall–Kier alpha value is -3.98. The molecule has 1 aliphatic carbocycles. The van der Waals surface area contributed by atoms with Crippen LogP contribution in [0.1, 0.15) is 90.6 Å². The van der Waals surface area contributed by atoms with E-state index in [0.717, 1.165) is 48.8 Å². The number of benzene rings is 2. The van der Waals surface area contributed by atoms with Crippen molar-refractivity contribution in [1.29, 1.82) is 0 Å². The summed E-state index contributed by atoms with van der Waals surface area (Å²) in [6.45, 7) is 5.69. The molecule has 45 heavy (non-hydrogen) atoms. The van der Waals surface area contributed by atoms with Crippen molar-refractivity contribution in [3.8, 4) is 0 Å². The Labute approximate surface area is 267 Å². The number of imide groups is 1. The van der Waals surface area contributed by atoms with E-state index in [1.54, 1.807) is 18.2 Å². The summed E-state index contributed by atoms with van der Waals surface area (Å²) >= 11 is 6.17. The number of rotatable bonds is 4. The second-order valence-corrected chi connectivity index (χ2v) is 14.3. The number of carbonyl (C=O) groups is 5. The molecule has 3 unspecified atom stereocenters. The van der Waals surface area contributed by atoms with Gasteiger partial charge in [-0.05, 0) is 91.0 Å². The molecule has 2 aromatic carbocycles. The number of halogens is 1. The number of fused-ring (bicyclic) bond motifs is 4. The highest BCUT2D eigenvalue weighted by molar-refractivity contribution is 6.30. The highest BCUT2D eigenvalue weighted by Gasteiger charge is 2.45. The van der Waals surface area contributed by atoms with Crippen LogP contribution in [-0.2, 0) is 20.9 Å². The molecule has 8 rings (SSSR count). The third kappa shape index (κ3) is 5.35. The number of hydrogen-bond acceptors (Lipinski definition) is 5. The molecule has 5 amide bonds. The number of allylic oxidation sites excluding steroid dienone is 1. The molecule has 234 valence electrons. The molecule has 0 aromatic heterocycles. The van der Waals surface area contributed by atoms with E-state index in [9.17, 15) is 24.0 Å². The van der Waals surface area contributed by atoms with Crippen LogP contribution >= 0.6 is 11.6 Å². The molecule has 9 nitrogen and oxygen atoms in total. The van der Waals surface area contributed by atoms with Gasteiger partial charge >= 0.3 is 0 Å².